The summed E-state index contributed by atoms with van der Waals surface area (Å²) in [7, 11) is 1.63. The molecule has 1 aromatic heterocycles. The van der Waals surface area contributed by atoms with Gasteiger partial charge >= 0.3 is 0 Å². The number of ether oxygens (including phenoxy) is 1. The first-order valence-corrected chi connectivity index (χ1v) is 5.55. The number of aromatic nitrogens is 3. The standard InChI is InChI=1S/C11H13ClN4O/c1-17-10-4-2-3-9(12)8(10)5-13-6-11-14-7-15-16-11/h2-4,7,13H,5-6H2,1H3,(H,14,15,16). The Labute approximate surface area is 104 Å². The number of hydrogen-bond donors (Lipinski definition) is 2. The van der Waals surface area contributed by atoms with Crippen molar-refractivity contribution in [2.24, 2.45) is 0 Å². The van der Waals surface area contributed by atoms with Crippen LogP contribution in [0.4, 0.5) is 0 Å². The summed E-state index contributed by atoms with van der Waals surface area (Å²) in [6.45, 7) is 1.22. The van der Waals surface area contributed by atoms with Gasteiger partial charge in [0.15, 0.2) is 0 Å². The monoisotopic (exact) mass is 252 g/mol. The van der Waals surface area contributed by atoms with Gasteiger partial charge in [0.05, 0.1) is 13.7 Å². The van der Waals surface area contributed by atoms with E-state index in [0.29, 0.717) is 18.1 Å². The quantitative estimate of drug-likeness (QED) is 0.851. The zero-order valence-corrected chi connectivity index (χ0v) is 10.2. The van der Waals surface area contributed by atoms with E-state index in [4.69, 9.17) is 16.3 Å². The van der Waals surface area contributed by atoms with Gasteiger partial charge in [-0.2, -0.15) is 5.10 Å². The molecule has 2 N–H and O–H groups in total. The molecule has 0 saturated heterocycles. The number of benzene rings is 1. The number of rotatable bonds is 5. The molecule has 0 amide bonds. The highest BCUT2D eigenvalue weighted by atomic mass is 35.5. The van der Waals surface area contributed by atoms with E-state index in [1.54, 1.807) is 7.11 Å². The van der Waals surface area contributed by atoms with Crippen LogP contribution >= 0.6 is 11.6 Å². The third-order valence-corrected chi connectivity index (χ3v) is 2.71. The lowest BCUT2D eigenvalue weighted by Crippen LogP contribution is -2.14. The Hall–Kier alpha value is -1.59. The fourth-order valence-corrected chi connectivity index (χ4v) is 1.76. The average molecular weight is 253 g/mol. The third kappa shape index (κ3) is 2.95. The number of aromatic amines is 1. The minimum atomic E-state index is 0.606. The van der Waals surface area contributed by atoms with Gasteiger partial charge in [0.1, 0.15) is 17.9 Å². The summed E-state index contributed by atoms with van der Waals surface area (Å²) in [4.78, 5) is 4.02. The molecule has 0 bridgehead atoms. The molecule has 0 fully saturated rings. The largest absolute Gasteiger partial charge is 0.496 e. The number of hydrogen-bond acceptors (Lipinski definition) is 4. The molecule has 0 saturated carbocycles. The summed E-state index contributed by atoms with van der Waals surface area (Å²) in [5.41, 5.74) is 0.941. The van der Waals surface area contributed by atoms with E-state index in [-0.39, 0.29) is 0 Å². The first kappa shape index (κ1) is 11.9. The van der Waals surface area contributed by atoms with Gasteiger partial charge < -0.3 is 10.1 Å². The molecule has 1 heterocycles. The average Bonchev–Trinajstić information content (AvgIpc) is 2.84. The molecule has 0 aliphatic carbocycles. The van der Waals surface area contributed by atoms with Gasteiger partial charge in [0.25, 0.3) is 0 Å². The van der Waals surface area contributed by atoms with E-state index in [9.17, 15) is 0 Å². The molecule has 6 heteroatoms. The van der Waals surface area contributed by atoms with Gasteiger partial charge in [0.2, 0.25) is 0 Å². The fraction of sp³-hybridized carbons (Fsp3) is 0.273. The Balaban J connectivity index is 1.98. The summed E-state index contributed by atoms with van der Waals surface area (Å²) < 4.78 is 5.25. The Morgan fingerprint density at radius 1 is 1.41 bits per heavy atom. The lowest BCUT2D eigenvalue weighted by molar-refractivity contribution is 0.407. The molecule has 90 valence electrons. The van der Waals surface area contributed by atoms with Crippen molar-refractivity contribution in [3.8, 4) is 5.75 Å². The summed E-state index contributed by atoms with van der Waals surface area (Å²) in [5, 5.41) is 10.5. The van der Waals surface area contributed by atoms with Crippen LogP contribution in [0.2, 0.25) is 5.02 Å². The van der Waals surface area contributed by atoms with Crippen LogP contribution in [0.25, 0.3) is 0 Å². The summed E-state index contributed by atoms with van der Waals surface area (Å²) in [6.07, 6.45) is 1.48. The van der Waals surface area contributed by atoms with Gasteiger partial charge in [-0.15, -0.1) is 0 Å². The predicted molar refractivity (Wildman–Crippen MR) is 64.9 cm³/mol. The predicted octanol–water partition coefficient (Wildman–Crippen LogP) is 1.76. The molecule has 0 atom stereocenters. The van der Waals surface area contributed by atoms with Crippen molar-refractivity contribution in [2.45, 2.75) is 13.1 Å². The SMILES string of the molecule is COc1cccc(Cl)c1CNCc1ncn[nH]1. The molecular weight excluding hydrogens is 240 g/mol. The Morgan fingerprint density at radius 2 is 2.29 bits per heavy atom. The van der Waals surface area contributed by atoms with E-state index in [2.05, 4.69) is 20.5 Å². The van der Waals surface area contributed by atoms with Gasteiger partial charge in [-0.1, -0.05) is 17.7 Å². The molecule has 17 heavy (non-hydrogen) atoms. The van der Waals surface area contributed by atoms with Crippen molar-refractivity contribution in [1.29, 1.82) is 0 Å². The zero-order valence-electron chi connectivity index (χ0n) is 9.40. The molecule has 0 aliphatic rings. The van der Waals surface area contributed by atoms with Crippen LogP contribution in [0.3, 0.4) is 0 Å². The maximum atomic E-state index is 6.11. The molecule has 0 radical (unpaired) electrons. The second-order valence-corrected chi connectivity index (χ2v) is 3.86. The second kappa shape index (κ2) is 5.65. The highest BCUT2D eigenvalue weighted by molar-refractivity contribution is 6.31. The smallest absolute Gasteiger partial charge is 0.138 e. The van der Waals surface area contributed by atoms with Crippen LogP contribution in [-0.4, -0.2) is 22.3 Å². The van der Waals surface area contributed by atoms with E-state index >= 15 is 0 Å². The van der Waals surface area contributed by atoms with Gasteiger partial charge in [-0.3, -0.25) is 5.10 Å². The van der Waals surface area contributed by atoms with Gasteiger partial charge in [-0.25, -0.2) is 4.98 Å². The van der Waals surface area contributed by atoms with Crippen LogP contribution in [-0.2, 0) is 13.1 Å². The highest BCUT2D eigenvalue weighted by Crippen LogP contribution is 2.25. The lowest BCUT2D eigenvalue weighted by atomic mass is 10.2. The first-order valence-electron chi connectivity index (χ1n) is 5.17. The third-order valence-electron chi connectivity index (χ3n) is 2.35. The molecule has 0 unspecified atom stereocenters. The first-order chi connectivity index (χ1) is 8.31. The van der Waals surface area contributed by atoms with Crippen LogP contribution in [0.1, 0.15) is 11.4 Å². The second-order valence-electron chi connectivity index (χ2n) is 3.46. The maximum Gasteiger partial charge on any atom is 0.138 e. The van der Waals surface area contributed by atoms with Crippen molar-refractivity contribution >= 4 is 11.6 Å². The zero-order chi connectivity index (χ0) is 12.1. The maximum absolute atomic E-state index is 6.11. The normalized spacial score (nSPS) is 10.5. The Morgan fingerprint density at radius 3 is 3.00 bits per heavy atom. The lowest BCUT2D eigenvalue weighted by Gasteiger charge is -2.10. The Bertz CT molecular complexity index is 472. The minimum Gasteiger partial charge on any atom is -0.496 e. The van der Waals surface area contributed by atoms with E-state index in [0.717, 1.165) is 17.1 Å². The summed E-state index contributed by atoms with van der Waals surface area (Å²) in [5.74, 6) is 1.57. The van der Waals surface area contributed by atoms with Gasteiger partial charge in [-0.05, 0) is 12.1 Å². The molecule has 0 aliphatic heterocycles. The molecule has 2 aromatic rings. The molecule has 2 rings (SSSR count). The summed E-state index contributed by atoms with van der Waals surface area (Å²) in [6, 6.07) is 5.59. The number of halogens is 1. The van der Waals surface area contributed by atoms with E-state index in [1.165, 1.54) is 6.33 Å². The minimum absolute atomic E-state index is 0.606. The number of H-pyrrole nitrogens is 1. The molecule has 5 nitrogen and oxygen atoms in total. The summed E-state index contributed by atoms with van der Waals surface area (Å²) >= 11 is 6.11. The van der Waals surface area contributed by atoms with Crippen LogP contribution in [0.15, 0.2) is 24.5 Å². The van der Waals surface area contributed by atoms with Crippen molar-refractivity contribution in [3.05, 3.63) is 40.9 Å². The fourth-order valence-electron chi connectivity index (χ4n) is 1.52. The topological polar surface area (TPSA) is 62.8 Å². The van der Waals surface area contributed by atoms with Crippen molar-refractivity contribution in [1.82, 2.24) is 20.5 Å². The van der Waals surface area contributed by atoms with Crippen molar-refractivity contribution in [3.63, 3.8) is 0 Å². The van der Waals surface area contributed by atoms with Crippen molar-refractivity contribution < 1.29 is 4.74 Å². The van der Waals surface area contributed by atoms with Crippen LogP contribution in [0, 0.1) is 0 Å². The number of nitrogens with zero attached hydrogens (tertiary/aromatic N) is 2. The molecule has 0 spiro atoms. The van der Waals surface area contributed by atoms with Crippen LogP contribution < -0.4 is 10.1 Å². The number of nitrogens with one attached hydrogen (secondary N) is 2. The highest BCUT2D eigenvalue weighted by Gasteiger charge is 2.07. The Kier molecular flexibility index (Phi) is 3.95. The van der Waals surface area contributed by atoms with Crippen LogP contribution in [0.5, 0.6) is 5.75 Å². The van der Waals surface area contributed by atoms with E-state index in [1.807, 2.05) is 18.2 Å². The van der Waals surface area contributed by atoms with E-state index < -0.39 is 0 Å². The molecule has 1 aromatic carbocycles. The number of methoxy groups -OCH3 is 1. The molecular formula is C11H13ClN4O. The van der Waals surface area contributed by atoms with Gasteiger partial charge in [0, 0.05) is 17.1 Å². The van der Waals surface area contributed by atoms with Crippen molar-refractivity contribution in [2.75, 3.05) is 7.11 Å².